The predicted octanol–water partition coefficient (Wildman–Crippen LogP) is 8.64. The number of hydrogen-bond acceptors (Lipinski definition) is 3. The minimum atomic E-state index is -0.175. The second-order valence-electron chi connectivity index (χ2n) is 10.1. The molecule has 0 fully saturated rings. The third kappa shape index (κ3) is 5.38. The van der Waals surface area contributed by atoms with Crippen molar-refractivity contribution < 1.29 is 0 Å². The largest absolute Gasteiger partial charge is 0.364 e. The van der Waals surface area contributed by atoms with Gasteiger partial charge in [-0.15, -0.1) is 17.8 Å². The van der Waals surface area contributed by atoms with Gasteiger partial charge in [-0.05, 0) is 60.4 Å². The van der Waals surface area contributed by atoms with Crippen molar-refractivity contribution in [3.8, 4) is 34.0 Å². The summed E-state index contributed by atoms with van der Waals surface area (Å²) in [5, 5.41) is 6.72. The van der Waals surface area contributed by atoms with Crippen LogP contribution in [0.5, 0.6) is 0 Å². The first-order valence-electron chi connectivity index (χ1n) is 10.8. The van der Waals surface area contributed by atoms with Crippen LogP contribution >= 0.6 is 34.5 Å². The number of halogens is 2. The van der Waals surface area contributed by atoms with Crippen LogP contribution < -0.4 is 5.32 Å². The minimum Gasteiger partial charge on any atom is -0.364 e. The van der Waals surface area contributed by atoms with Gasteiger partial charge in [0.2, 0.25) is 0 Å². The number of benzene rings is 1. The Morgan fingerprint density at radius 1 is 1.09 bits per heavy atom. The number of hydrogen-bond donors (Lipinski definition) is 1. The molecule has 3 aromatic rings. The van der Waals surface area contributed by atoms with Crippen molar-refractivity contribution >= 4 is 46.0 Å². The summed E-state index contributed by atoms with van der Waals surface area (Å²) in [5.74, 6) is 3.60. The smallest absolute Gasteiger partial charge is 0.158 e. The van der Waals surface area contributed by atoms with Crippen molar-refractivity contribution in [1.82, 2.24) is 9.38 Å². The summed E-state index contributed by atoms with van der Waals surface area (Å²) in [7, 11) is 0. The Morgan fingerprint density at radius 3 is 2.33 bits per heavy atom. The number of pyridine rings is 1. The van der Waals surface area contributed by atoms with Gasteiger partial charge in [0.25, 0.3) is 0 Å². The van der Waals surface area contributed by atoms with Crippen molar-refractivity contribution in [1.29, 1.82) is 0 Å². The van der Waals surface area contributed by atoms with E-state index in [-0.39, 0.29) is 11.0 Å². The molecule has 0 unspecified atom stereocenters. The third-order valence-electron chi connectivity index (χ3n) is 5.22. The van der Waals surface area contributed by atoms with E-state index in [9.17, 15) is 0 Å². The van der Waals surface area contributed by atoms with Gasteiger partial charge in [-0.25, -0.2) is 4.98 Å². The monoisotopic (exact) mass is 495 g/mol. The van der Waals surface area contributed by atoms with Crippen LogP contribution in [-0.2, 0) is 0 Å². The van der Waals surface area contributed by atoms with Gasteiger partial charge in [-0.2, -0.15) is 0 Å². The molecule has 3 nitrogen and oxygen atoms in total. The topological polar surface area (TPSA) is 29.3 Å². The van der Waals surface area contributed by atoms with E-state index in [1.165, 1.54) is 11.1 Å². The molecule has 0 aliphatic heterocycles. The quantitative estimate of drug-likeness (QED) is 0.252. The predicted molar refractivity (Wildman–Crippen MR) is 144 cm³/mol. The molecule has 0 amide bonds. The summed E-state index contributed by atoms with van der Waals surface area (Å²) in [6, 6.07) is 12.1. The zero-order chi connectivity index (χ0) is 24.0. The van der Waals surface area contributed by atoms with E-state index in [0.717, 1.165) is 28.4 Å². The summed E-state index contributed by atoms with van der Waals surface area (Å²) in [5.41, 5.74) is 5.11. The van der Waals surface area contributed by atoms with Crippen LogP contribution in [0.3, 0.4) is 0 Å². The fraction of sp³-hybridized carbons (Fsp3) is 0.296. The fourth-order valence-corrected chi connectivity index (χ4v) is 5.68. The van der Waals surface area contributed by atoms with Crippen LogP contribution in [0.4, 0.5) is 5.82 Å². The number of fused-ring (bicyclic) bond motifs is 2. The average Bonchev–Trinajstić information content (AvgIpc) is 3.07. The van der Waals surface area contributed by atoms with Crippen molar-refractivity contribution in [2.24, 2.45) is 5.41 Å². The molecule has 5 rings (SSSR count). The molecule has 0 saturated carbocycles. The van der Waals surface area contributed by atoms with Gasteiger partial charge in [-0.1, -0.05) is 68.1 Å². The van der Waals surface area contributed by atoms with E-state index in [4.69, 9.17) is 34.6 Å². The highest BCUT2D eigenvalue weighted by Crippen LogP contribution is 2.39. The maximum absolute atomic E-state index is 6.43. The Kier molecular flexibility index (Phi) is 6.26. The van der Waals surface area contributed by atoms with Crippen molar-refractivity contribution in [2.75, 3.05) is 5.32 Å². The van der Waals surface area contributed by atoms with Crippen LogP contribution in [0.1, 0.15) is 46.6 Å². The highest BCUT2D eigenvalue weighted by molar-refractivity contribution is 7.13. The first-order chi connectivity index (χ1) is 15.5. The van der Waals surface area contributed by atoms with E-state index in [1.807, 2.05) is 22.0 Å². The molecule has 0 spiro atoms. The van der Waals surface area contributed by atoms with E-state index in [0.29, 0.717) is 15.7 Å². The molecule has 0 atom stereocenters. The SMILES string of the molecule is C#Cc1ccsc1-c1nc2c(Cl)cc(Cl)cn2c1NC(C)(C)CC(C)(C)C.c1cc2cc-2c1. The molecule has 0 saturated heterocycles. The Bertz CT molecular complexity index is 1350. The minimum absolute atomic E-state index is 0.166. The maximum Gasteiger partial charge on any atom is 0.158 e. The molecule has 0 aromatic carbocycles. The standard InChI is InChI=1S/C21H23Cl2N3S.C6H4/c1-7-13-8-9-27-17(13)16-19(25-21(5,6)12-20(2,3)4)26-11-14(22)10-15(23)18(26)24-16;1-2-5-4-6(5)3-1/h1,8-11,25H,12H2,2-6H3;1-4H. The summed E-state index contributed by atoms with van der Waals surface area (Å²) in [4.78, 5) is 5.76. The Morgan fingerprint density at radius 2 is 1.79 bits per heavy atom. The summed E-state index contributed by atoms with van der Waals surface area (Å²) in [6.07, 6.45) is 8.49. The highest BCUT2D eigenvalue weighted by Gasteiger charge is 2.29. The van der Waals surface area contributed by atoms with Gasteiger partial charge >= 0.3 is 0 Å². The van der Waals surface area contributed by atoms with Crippen molar-refractivity contribution in [3.63, 3.8) is 0 Å². The Balaban J connectivity index is 0.000000367. The lowest BCUT2D eigenvalue weighted by atomic mass is 9.82. The second-order valence-corrected chi connectivity index (χ2v) is 11.9. The second kappa shape index (κ2) is 8.72. The Hall–Kier alpha value is -2.45. The van der Waals surface area contributed by atoms with E-state index < -0.39 is 0 Å². The zero-order valence-electron chi connectivity index (χ0n) is 19.5. The normalized spacial score (nSPS) is 12.2. The van der Waals surface area contributed by atoms with Crippen LogP contribution in [0.25, 0.3) is 27.3 Å². The van der Waals surface area contributed by atoms with Gasteiger partial charge in [0.05, 0.1) is 14.9 Å². The highest BCUT2D eigenvalue weighted by atomic mass is 35.5. The molecule has 0 bridgehead atoms. The lowest BCUT2D eigenvalue weighted by Crippen LogP contribution is -2.36. The number of aromatic nitrogens is 2. The number of imidazole rings is 1. The van der Waals surface area contributed by atoms with E-state index in [1.54, 1.807) is 17.4 Å². The van der Waals surface area contributed by atoms with Crippen LogP contribution in [0.15, 0.2) is 48.0 Å². The fourth-order valence-electron chi connectivity index (χ4n) is 4.32. The molecule has 33 heavy (non-hydrogen) atoms. The number of thiophene rings is 1. The van der Waals surface area contributed by atoms with Gasteiger partial charge in [-0.3, -0.25) is 4.40 Å². The summed E-state index contributed by atoms with van der Waals surface area (Å²) in [6.45, 7) is 11.1. The molecule has 0 radical (unpaired) electrons. The lowest BCUT2D eigenvalue weighted by molar-refractivity contribution is 0.302. The van der Waals surface area contributed by atoms with Crippen molar-refractivity contribution in [3.05, 3.63) is 63.6 Å². The van der Waals surface area contributed by atoms with Crippen LogP contribution in [0, 0.1) is 17.8 Å². The molecule has 2 aliphatic rings. The van der Waals surface area contributed by atoms with Gasteiger partial charge in [0, 0.05) is 17.3 Å². The zero-order valence-corrected chi connectivity index (χ0v) is 21.8. The molecule has 6 heteroatoms. The first-order valence-corrected chi connectivity index (χ1v) is 12.4. The number of nitrogens with zero attached hydrogens (tertiary/aromatic N) is 2. The molecule has 170 valence electrons. The lowest BCUT2D eigenvalue weighted by Gasteiger charge is -2.34. The van der Waals surface area contributed by atoms with E-state index in [2.05, 4.69) is 70.1 Å². The van der Waals surface area contributed by atoms with Crippen LogP contribution in [-0.4, -0.2) is 14.9 Å². The van der Waals surface area contributed by atoms with Gasteiger partial charge in [0.15, 0.2) is 5.65 Å². The Labute approximate surface area is 209 Å². The van der Waals surface area contributed by atoms with Gasteiger partial charge in [0.1, 0.15) is 11.5 Å². The average molecular weight is 497 g/mol. The van der Waals surface area contributed by atoms with Gasteiger partial charge < -0.3 is 5.32 Å². The van der Waals surface area contributed by atoms with E-state index >= 15 is 0 Å². The molecular weight excluding hydrogens is 469 g/mol. The van der Waals surface area contributed by atoms with Crippen molar-refractivity contribution in [2.45, 2.75) is 46.6 Å². The molecule has 2 aliphatic carbocycles. The molecular formula is C27H27Cl2N3S. The molecule has 3 aromatic heterocycles. The third-order valence-corrected chi connectivity index (χ3v) is 6.63. The summed E-state index contributed by atoms with van der Waals surface area (Å²) < 4.78 is 1.92. The number of rotatable bonds is 4. The first kappa shape index (κ1) is 23.7. The number of terminal acetylenes is 1. The maximum atomic E-state index is 6.43. The number of anilines is 1. The number of nitrogens with one attached hydrogen (secondary N) is 1. The van der Waals surface area contributed by atoms with Crippen LogP contribution in [0.2, 0.25) is 10.0 Å². The summed E-state index contributed by atoms with van der Waals surface area (Å²) >= 11 is 14.3. The molecule has 3 heterocycles. The molecule has 1 N–H and O–H groups in total.